The van der Waals surface area contributed by atoms with Gasteiger partial charge in [0.2, 0.25) is 12.4 Å². The number of alkyl halides is 2. The summed E-state index contributed by atoms with van der Waals surface area (Å²) in [5.41, 5.74) is 1.64. The first kappa shape index (κ1) is 40.5. The van der Waals surface area contributed by atoms with Crippen molar-refractivity contribution < 1.29 is 52.7 Å². The molecule has 0 spiro atoms. The molecular formula is C39H41Cl2F2N3O8S. The lowest BCUT2D eigenvalue weighted by atomic mass is 9.85. The van der Waals surface area contributed by atoms with Gasteiger partial charge in [-0.3, -0.25) is 10.5 Å². The normalized spacial score (nSPS) is 16.2. The van der Waals surface area contributed by atoms with E-state index in [4.69, 9.17) is 37.4 Å². The van der Waals surface area contributed by atoms with E-state index in [2.05, 4.69) is 10.2 Å². The van der Waals surface area contributed by atoms with Crippen LogP contribution in [0.3, 0.4) is 0 Å². The SMILES string of the molecule is CN1CCC(COC(=O)C(NCc2cc([C@@H](Cc3c(Cl)c[n+](O)cc3Cl)c3ccc(OC(F)F)c(OCC4CC4)c3)c(C(=O)[O-])s2)c2cccc(O)c2)CC1. The van der Waals surface area contributed by atoms with E-state index in [0.717, 1.165) is 50.1 Å². The van der Waals surface area contributed by atoms with E-state index in [9.17, 15) is 33.8 Å². The summed E-state index contributed by atoms with van der Waals surface area (Å²) in [6, 6.07) is 11.3. The highest BCUT2D eigenvalue weighted by atomic mass is 35.5. The zero-order valence-electron chi connectivity index (χ0n) is 29.9. The van der Waals surface area contributed by atoms with Crippen LogP contribution in [0.4, 0.5) is 8.78 Å². The van der Waals surface area contributed by atoms with Crippen LogP contribution in [0.25, 0.3) is 0 Å². The van der Waals surface area contributed by atoms with Gasteiger partial charge in [-0.05, 0) is 111 Å². The standard InChI is InChI=1S/C39H41Cl2F2N3O8S/c1-45-11-9-23(10-12-45)21-53-38(50)35(25-3-2-4-26(47)13-25)44-17-27-15-29(36(55-27)37(48)49)28(16-30-31(40)18-46(51)19-32(30)41)24-7-8-33(54-39(42)43)34(14-24)52-20-22-5-6-22/h2-4,7-8,13-15,18-19,22-23,28,35,39,44H,5-6,9-12,16-17,20-21H2,1H3,(H2-,47,48,49,51)/t28-,35?/m0/s1. The van der Waals surface area contributed by atoms with Gasteiger partial charge >= 0.3 is 12.6 Å². The predicted molar refractivity (Wildman–Crippen MR) is 198 cm³/mol. The molecule has 1 unspecified atom stereocenters. The number of carbonyl (C=O) groups excluding carboxylic acids is 2. The molecule has 2 fully saturated rings. The van der Waals surface area contributed by atoms with Gasteiger partial charge < -0.3 is 34.1 Å². The molecule has 0 bridgehead atoms. The summed E-state index contributed by atoms with van der Waals surface area (Å²) in [6.45, 7) is -0.728. The lowest BCUT2D eigenvalue weighted by molar-refractivity contribution is -0.904. The highest BCUT2D eigenvalue weighted by molar-refractivity contribution is 7.14. The summed E-state index contributed by atoms with van der Waals surface area (Å²) >= 11 is 14.0. The van der Waals surface area contributed by atoms with E-state index in [1.165, 1.54) is 42.7 Å². The van der Waals surface area contributed by atoms with Gasteiger partial charge in [-0.25, -0.2) is 4.79 Å². The number of halogens is 4. The molecule has 16 heteroatoms. The van der Waals surface area contributed by atoms with E-state index in [1.54, 1.807) is 18.2 Å². The number of pyridine rings is 1. The number of hydrogen-bond acceptors (Lipinski definition) is 11. The number of thiophene rings is 1. The zero-order chi connectivity index (χ0) is 39.2. The van der Waals surface area contributed by atoms with Crippen LogP contribution in [-0.4, -0.2) is 67.1 Å². The average molecular weight is 821 g/mol. The lowest BCUT2D eigenvalue weighted by Gasteiger charge is -2.29. The predicted octanol–water partition coefficient (Wildman–Crippen LogP) is 6.13. The minimum Gasteiger partial charge on any atom is -0.544 e. The van der Waals surface area contributed by atoms with Crippen molar-refractivity contribution in [2.24, 2.45) is 11.8 Å². The number of piperidine rings is 1. The average Bonchev–Trinajstić information content (AvgIpc) is 3.87. The monoisotopic (exact) mass is 819 g/mol. The van der Waals surface area contributed by atoms with E-state index >= 15 is 0 Å². The first-order valence-corrected chi connectivity index (χ1v) is 19.4. The number of carboxylic acids is 1. The molecular weight excluding hydrogens is 779 g/mol. The Balaban J connectivity index is 1.33. The minimum absolute atomic E-state index is 0.0225. The summed E-state index contributed by atoms with van der Waals surface area (Å²) in [7, 11) is 2.05. The molecule has 294 valence electrons. The number of hydrogen-bond donors (Lipinski definition) is 3. The number of aromatic nitrogens is 1. The van der Waals surface area contributed by atoms with Gasteiger partial charge in [0.15, 0.2) is 11.5 Å². The molecule has 0 amide bonds. The molecule has 0 radical (unpaired) electrons. The van der Waals surface area contributed by atoms with Gasteiger partial charge in [-0.1, -0.05) is 41.4 Å². The number of aromatic hydroxyl groups is 1. The second-order valence-corrected chi connectivity index (χ2v) is 15.9. The molecule has 2 atom stereocenters. The molecule has 2 aromatic carbocycles. The van der Waals surface area contributed by atoms with Crippen LogP contribution in [0.15, 0.2) is 60.9 Å². The van der Waals surface area contributed by atoms with Crippen LogP contribution in [0.5, 0.6) is 17.2 Å². The van der Waals surface area contributed by atoms with E-state index in [0.29, 0.717) is 38.5 Å². The molecule has 6 rings (SSSR count). The maximum atomic E-state index is 13.6. The molecule has 1 aliphatic carbocycles. The number of carbonyl (C=O) groups is 2. The van der Waals surface area contributed by atoms with Crippen molar-refractivity contribution in [1.82, 2.24) is 10.2 Å². The maximum absolute atomic E-state index is 13.6. The Morgan fingerprint density at radius 3 is 2.36 bits per heavy atom. The summed E-state index contributed by atoms with van der Waals surface area (Å²) in [6.07, 6.45) is 6.19. The Bertz CT molecular complexity index is 1970. The Labute approximate surface area is 330 Å². The number of benzene rings is 2. The van der Waals surface area contributed by atoms with Gasteiger partial charge in [-0.2, -0.15) is 8.78 Å². The van der Waals surface area contributed by atoms with E-state index < -0.39 is 30.5 Å². The van der Waals surface area contributed by atoms with Crippen molar-refractivity contribution >= 4 is 46.5 Å². The smallest absolute Gasteiger partial charge is 0.387 e. The number of likely N-dealkylation sites (tertiary alicyclic amines) is 1. The summed E-state index contributed by atoms with van der Waals surface area (Å²) in [5.74, 6) is -2.44. The lowest BCUT2D eigenvalue weighted by Crippen LogP contribution is -2.34. The Morgan fingerprint density at radius 1 is 1.00 bits per heavy atom. The molecule has 1 aliphatic heterocycles. The van der Waals surface area contributed by atoms with Crippen LogP contribution < -0.4 is 24.6 Å². The van der Waals surface area contributed by atoms with Crippen LogP contribution in [0.2, 0.25) is 10.0 Å². The highest BCUT2D eigenvalue weighted by Crippen LogP contribution is 2.42. The molecule has 1 saturated heterocycles. The molecule has 2 aromatic heterocycles. The van der Waals surface area contributed by atoms with Crippen molar-refractivity contribution in [1.29, 1.82) is 0 Å². The van der Waals surface area contributed by atoms with Gasteiger partial charge in [0, 0.05) is 27.6 Å². The van der Waals surface area contributed by atoms with Crippen molar-refractivity contribution in [2.45, 2.75) is 57.2 Å². The van der Waals surface area contributed by atoms with E-state index in [1.807, 2.05) is 7.05 Å². The van der Waals surface area contributed by atoms with Crippen LogP contribution in [0.1, 0.15) is 74.4 Å². The number of phenols is 1. The summed E-state index contributed by atoms with van der Waals surface area (Å²) < 4.78 is 44.0. The number of nitrogens with zero attached hydrogens (tertiary/aromatic N) is 2. The minimum atomic E-state index is -3.11. The molecule has 55 heavy (non-hydrogen) atoms. The van der Waals surface area contributed by atoms with Gasteiger partial charge in [-0.15, -0.1) is 11.3 Å². The first-order valence-electron chi connectivity index (χ1n) is 17.9. The quantitative estimate of drug-likeness (QED) is 0.0647. The van der Waals surface area contributed by atoms with Gasteiger partial charge in [0.25, 0.3) is 0 Å². The summed E-state index contributed by atoms with van der Waals surface area (Å²) in [5, 5.41) is 36.4. The third-order valence-electron chi connectivity index (χ3n) is 9.83. The van der Waals surface area contributed by atoms with Crippen LogP contribution in [-0.2, 0) is 22.5 Å². The number of esters is 1. The van der Waals surface area contributed by atoms with Crippen molar-refractivity contribution in [3.8, 4) is 17.2 Å². The summed E-state index contributed by atoms with van der Waals surface area (Å²) in [4.78, 5) is 29.0. The van der Waals surface area contributed by atoms with Crippen molar-refractivity contribution in [3.63, 3.8) is 0 Å². The fourth-order valence-corrected chi connectivity index (χ4v) is 8.22. The second-order valence-electron chi connectivity index (χ2n) is 14.0. The number of phenolic OH excluding ortho intramolecular Hbond substituents is 1. The molecule has 3 N–H and O–H groups in total. The van der Waals surface area contributed by atoms with Gasteiger partial charge in [0.1, 0.15) is 21.8 Å². The topological polar surface area (TPSA) is 144 Å². The fraction of sp³-hybridized carbons (Fsp3) is 0.410. The number of carboxylic acid groups (broad SMARTS) is 1. The number of rotatable bonds is 17. The maximum Gasteiger partial charge on any atom is 0.387 e. The van der Waals surface area contributed by atoms with Crippen molar-refractivity contribution in [3.05, 3.63) is 103 Å². The Morgan fingerprint density at radius 2 is 1.71 bits per heavy atom. The molecule has 3 heterocycles. The molecule has 4 aromatic rings. The molecule has 1 saturated carbocycles. The number of ether oxygens (including phenoxy) is 3. The first-order chi connectivity index (χ1) is 26.3. The zero-order valence-corrected chi connectivity index (χ0v) is 32.2. The number of aromatic carboxylic acids is 1. The largest absolute Gasteiger partial charge is 0.544 e. The fourth-order valence-electron chi connectivity index (χ4n) is 6.61. The van der Waals surface area contributed by atoms with Crippen LogP contribution in [0, 0.1) is 11.8 Å². The van der Waals surface area contributed by atoms with Crippen LogP contribution >= 0.6 is 34.5 Å². The Hall–Kier alpha value is -4.21. The third kappa shape index (κ3) is 10.8. The molecule has 2 aliphatic rings. The highest BCUT2D eigenvalue weighted by Gasteiger charge is 2.30. The second kappa shape index (κ2) is 18.2. The van der Waals surface area contributed by atoms with Gasteiger partial charge in [0.05, 0.1) is 24.1 Å². The molecule has 11 nitrogen and oxygen atoms in total. The Kier molecular flexibility index (Phi) is 13.4. The van der Waals surface area contributed by atoms with Crippen molar-refractivity contribution in [2.75, 3.05) is 33.4 Å². The third-order valence-corrected chi connectivity index (χ3v) is 11.6. The van der Waals surface area contributed by atoms with E-state index in [-0.39, 0.29) is 63.6 Å². The number of nitrogens with one attached hydrogen (secondary N) is 1.